The lowest BCUT2D eigenvalue weighted by Gasteiger charge is -2.38. The second-order valence-electron chi connectivity index (χ2n) is 28.0. The number of carbonyl (C=O) groups is 1. The van der Waals surface area contributed by atoms with Crippen molar-refractivity contribution in [2.75, 3.05) is 138 Å². The van der Waals surface area contributed by atoms with Crippen molar-refractivity contribution >= 4 is 67.1 Å². The normalized spacial score (nSPS) is 15.4. The first-order valence-electron chi connectivity index (χ1n) is 34.9. The van der Waals surface area contributed by atoms with E-state index in [9.17, 15) is 4.79 Å². The molecule has 4 aromatic heterocycles. The van der Waals surface area contributed by atoms with Crippen LogP contribution in [0.3, 0.4) is 0 Å². The number of likely N-dealkylation sites (N-methyl/N-ethyl adjacent to an activating group) is 2. The smallest absolute Gasteiger partial charge is 0.410 e. The Labute approximate surface area is 561 Å². The Morgan fingerprint density at radius 1 is 0.521 bits per heavy atom. The third-order valence-corrected chi connectivity index (χ3v) is 22.3. The van der Waals surface area contributed by atoms with Crippen LogP contribution in [-0.2, 0) is 60.2 Å². The van der Waals surface area contributed by atoms with Crippen molar-refractivity contribution < 1.29 is 28.5 Å². The molecule has 0 aliphatic carbocycles. The number of hydrogen-bond donors (Lipinski definition) is 0. The zero-order chi connectivity index (χ0) is 66.4. The number of nitrogens with zero attached hydrogens (tertiary/aromatic N) is 15. The van der Waals surface area contributed by atoms with Crippen LogP contribution in [0.25, 0.3) is 21.8 Å². The average molecular weight is 1320 g/mol. The summed E-state index contributed by atoms with van der Waals surface area (Å²) >= 11 is 0. The van der Waals surface area contributed by atoms with Gasteiger partial charge in [0.2, 0.25) is 0 Å². The summed E-state index contributed by atoms with van der Waals surface area (Å²) < 4.78 is 34.2. The van der Waals surface area contributed by atoms with Gasteiger partial charge in [0.1, 0.15) is 44.9 Å². The Hall–Kier alpha value is -6.90. The Morgan fingerprint density at radius 3 is 1.43 bits per heavy atom. The highest BCUT2D eigenvalue weighted by molar-refractivity contribution is 6.76. The molecule has 510 valence electrons. The first-order chi connectivity index (χ1) is 45.4. The molecular weight excluding hydrogens is 1220 g/mol. The van der Waals surface area contributed by atoms with Gasteiger partial charge in [-0.1, -0.05) is 109 Å². The molecule has 21 nitrogen and oxygen atoms in total. The van der Waals surface area contributed by atoms with Gasteiger partial charge in [-0.3, -0.25) is 0 Å². The van der Waals surface area contributed by atoms with Gasteiger partial charge in [-0.05, 0) is 113 Å². The molecule has 8 heterocycles. The number of aryl methyl sites for hydroxylation is 2. The van der Waals surface area contributed by atoms with Gasteiger partial charge in [-0.25, -0.2) is 14.2 Å². The average Bonchev–Trinajstić information content (AvgIpc) is 1.32. The van der Waals surface area contributed by atoms with Crippen LogP contribution in [0, 0.1) is 13.8 Å². The zero-order valence-electron chi connectivity index (χ0n) is 58.7. The molecule has 1 amide bonds. The topological polar surface area (TPSA) is 173 Å². The van der Waals surface area contributed by atoms with E-state index < -0.39 is 16.1 Å². The molecular formula is C71H107N15O6Si2. The van der Waals surface area contributed by atoms with E-state index in [0.717, 1.165) is 161 Å². The van der Waals surface area contributed by atoms with Crippen molar-refractivity contribution in [1.82, 2.24) is 54.2 Å². The van der Waals surface area contributed by atoms with E-state index in [0.29, 0.717) is 71.4 Å². The summed E-state index contributed by atoms with van der Waals surface area (Å²) in [4.78, 5) is 49.2. The lowest BCUT2D eigenvalue weighted by atomic mass is 10.0. The number of carbonyl (C=O) groups excluding carboxylic acids is 1. The van der Waals surface area contributed by atoms with Gasteiger partial charge in [-0.2, -0.15) is 30.1 Å². The molecule has 23 heteroatoms. The maximum atomic E-state index is 12.9. The summed E-state index contributed by atoms with van der Waals surface area (Å²) in [5.74, 6) is 2.01. The molecule has 11 rings (SSSR count). The lowest BCUT2D eigenvalue weighted by Crippen LogP contribution is -2.49. The maximum Gasteiger partial charge on any atom is 0.410 e. The number of hydrogen-bond acceptors (Lipinski definition) is 18. The van der Waals surface area contributed by atoms with E-state index in [1.807, 2.05) is 52.1 Å². The Kier molecular flexibility index (Phi) is 24.3. The van der Waals surface area contributed by atoms with Gasteiger partial charge < -0.3 is 58.0 Å². The van der Waals surface area contributed by atoms with E-state index in [1.165, 1.54) is 52.7 Å². The number of rotatable bonds is 28. The first-order valence-corrected chi connectivity index (χ1v) is 42.3. The van der Waals surface area contributed by atoms with Crippen LogP contribution >= 0.6 is 0 Å². The van der Waals surface area contributed by atoms with Crippen LogP contribution in [0.1, 0.15) is 86.2 Å². The zero-order valence-corrected chi connectivity index (χ0v) is 60.7. The summed E-state index contributed by atoms with van der Waals surface area (Å²) in [6, 6.07) is 21.7. The molecule has 2 saturated heterocycles. The molecule has 0 unspecified atom stereocenters. The van der Waals surface area contributed by atoms with E-state index in [4.69, 9.17) is 53.8 Å². The third kappa shape index (κ3) is 18.2. The third-order valence-electron chi connectivity index (χ3n) is 18.9. The number of amides is 1. The second-order valence-corrected chi connectivity index (χ2v) is 39.2. The van der Waals surface area contributed by atoms with Gasteiger partial charge in [0.15, 0.2) is 0 Å². The fraction of sp³-hybridized carbons (Fsp3) is 0.592. The number of benzene rings is 3. The molecule has 0 radical (unpaired) electrons. The number of aromatic nitrogens is 8. The molecule has 0 N–H and O–H groups in total. The standard InChI is InChI=1S/C39H56N8O4Si.C32H51N7O2Si/c1-7-43(8-2)22-23-50-38-41-34-27-46(36-30(3)14-15-35-33(36)26-40-47(35)29-49-24-25-52(4,5)6)17-16-32(34)37(42-38)44-18-20-45(21-19-44)39(48)51-28-31-12-10-9-11-13-31;1-7-36(8-2)18-19-41-32-34-28-23-38(17-14-26(28)31(35-32)37-15-10-9-11-16-37)30-25(3)12-13-29-27(30)22-33-39(29)24-40-20-21-42(4,5)6/h9-15,26H,7-8,16-25,27-29H2,1-6H3;12-13,22H,7-11,14-21,23-24H2,1-6H3. The minimum Gasteiger partial charge on any atom is -0.462 e. The molecule has 0 spiro atoms. The van der Waals surface area contributed by atoms with E-state index in [2.05, 4.69) is 134 Å². The van der Waals surface area contributed by atoms with Gasteiger partial charge >= 0.3 is 18.1 Å². The van der Waals surface area contributed by atoms with E-state index in [-0.39, 0.29) is 12.7 Å². The number of anilines is 4. The highest BCUT2D eigenvalue weighted by atomic mass is 28.3. The van der Waals surface area contributed by atoms with Crippen molar-refractivity contribution in [2.24, 2.45) is 0 Å². The SMILES string of the molecule is CCN(CC)CCOc1nc2c(c(N3CCCCC3)n1)CCN(c1c(C)ccc3c1cnn3COCC[Si](C)(C)C)C2.CCN(CC)CCOc1nc2c(c(N3CCN(C(=O)OCc4ccccc4)CC3)n1)CCN(c1c(C)ccc3c1cnn3COCC[Si](C)(C)C)C2. The number of piperidine rings is 1. The fourth-order valence-corrected chi connectivity index (χ4v) is 14.6. The van der Waals surface area contributed by atoms with Crippen molar-refractivity contribution in [3.05, 3.63) is 106 Å². The molecule has 3 aromatic carbocycles. The molecule has 7 aromatic rings. The maximum absolute atomic E-state index is 12.9. The minimum atomic E-state index is -1.17. The lowest BCUT2D eigenvalue weighted by molar-refractivity contribution is 0.0816. The number of piperazine rings is 1. The summed E-state index contributed by atoms with van der Waals surface area (Å²) in [5, 5.41) is 11.8. The van der Waals surface area contributed by atoms with E-state index >= 15 is 0 Å². The summed E-state index contributed by atoms with van der Waals surface area (Å²) in [6.45, 7) is 44.5. The first kappa shape index (κ1) is 69.9. The molecule has 4 aliphatic rings. The van der Waals surface area contributed by atoms with Crippen LogP contribution in [0.5, 0.6) is 12.0 Å². The largest absolute Gasteiger partial charge is 0.462 e. The van der Waals surface area contributed by atoms with Gasteiger partial charge in [0.05, 0.1) is 59.3 Å². The minimum absolute atomic E-state index is 0.268. The van der Waals surface area contributed by atoms with Gasteiger partial charge in [-0.15, -0.1) is 0 Å². The molecule has 94 heavy (non-hydrogen) atoms. The molecule has 0 bridgehead atoms. The van der Waals surface area contributed by atoms with Gasteiger partial charge in [0.25, 0.3) is 0 Å². The van der Waals surface area contributed by atoms with Crippen LogP contribution in [0.2, 0.25) is 51.4 Å². The van der Waals surface area contributed by atoms with Crippen LogP contribution in [0.4, 0.5) is 27.8 Å². The predicted molar refractivity (Wildman–Crippen MR) is 384 cm³/mol. The highest BCUT2D eigenvalue weighted by Gasteiger charge is 2.32. The van der Waals surface area contributed by atoms with Crippen molar-refractivity contribution in [3.63, 3.8) is 0 Å². The second kappa shape index (κ2) is 32.7. The van der Waals surface area contributed by atoms with E-state index in [1.54, 1.807) is 4.90 Å². The van der Waals surface area contributed by atoms with Gasteiger partial charge in [0, 0.05) is 117 Å². The number of fused-ring (bicyclic) bond motifs is 4. The van der Waals surface area contributed by atoms with Crippen molar-refractivity contribution in [1.29, 1.82) is 0 Å². The monoisotopic (exact) mass is 1320 g/mol. The molecule has 2 fully saturated rings. The van der Waals surface area contributed by atoms with Crippen LogP contribution in [0.15, 0.2) is 67.0 Å². The summed E-state index contributed by atoms with van der Waals surface area (Å²) in [6.07, 6.45) is 9.16. The molecule has 4 aliphatic heterocycles. The van der Waals surface area contributed by atoms with Crippen LogP contribution < -0.4 is 29.1 Å². The fourth-order valence-electron chi connectivity index (χ4n) is 13.0. The molecule has 0 saturated carbocycles. The van der Waals surface area contributed by atoms with Crippen molar-refractivity contribution in [2.45, 2.75) is 158 Å². The summed E-state index contributed by atoms with van der Waals surface area (Å²) in [7, 11) is -2.29. The summed E-state index contributed by atoms with van der Waals surface area (Å²) in [5.41, 5.74) is 12.6. The Bertz CT molecular complexity index is 3570. The van der Waals surface area contributed by atoms with Crippen LogP contribution in [-0.4, -0.2) is 194 Å². The van der Waals surface area contributed by atoms with Crippen molar-refractivity contribution in [3.8, 4) is 12.0 Å². The Morgan fingerprint density at radius 2 is 0.979 bits per heavy atom. The Balaban J connectivity index is 0.000000210. The quantitative estimate of drug-likeness (QED) is 0.0334. The number of ether oxygens (including phenoxy) is 5. The predicted octanol–water partition coefficient (Wildman–Crippen LogP) is 11.9. The highest BCUT2D eigenvalue weighted by Crippen LogP contribution is 2.39. The molecule has 0 atom stereocenters.